The molecule has 1 aliphatic heterocycles. The molecule has 0 aliphatic carbocycles. The minimum atomic E-state index is 0.291. The first-order chi connectivity index (χ1) is 9.19. The summed E-state index contributed by atoms with van der Waals surface area (Å²) in [6.07, 6.45) is 5.10. The van der Waals surface area contributed by atoms with E-state index >= 15 is 0 Å². The maximum Gasteiger partial charge on any atom is 0.122 e. The molecule has 1 aromatic heterocycles. The largest absolute Gasteiger partial charge is 0.396 e. The number of thiocarbonyl (C=S) groups is 1. The van der Waals surface area contributed by atoms with Gasteiger partial charge in [-0.05, 0) is 49.4 Å². The first-order valence-corrected chi connectivity index (χ1v) is 7.18. The van der Waals surface area contributed by atoms with Crippen molar-refractivity contribution in [2.75, 3.05) is 19.7 Å². The van der Waals surface area contributed by atoms with E-state index in [1.165, 1.54) is 18.4 Å². The Morgan fingerprint density at radius 1 is 1.58 bits per heavy atom. The summed E-state index contributed by atoms with van der Waals surface area (Å²) in [5.41, 5.74) is 7.49. The minimum absolute atomic E-state index is 0.291. The molecular formula is C14H21N3OS. The van der Waals surface area contributed by atoms with Crippen molar-refractivity contribution in [2.45, 2.75) is 25.8 Å². The Morgan fingerprint density at radius 3 is 3.16 bits per heavy atom. The third kappa shape index (κ3) is 4.23. The molecule has 4 nitrogen and oxygen atoms in total. The molecule has 0 aromatic carbocycles. The molecule has 1 atom stereocenters. The van der Waals surface area contributed by atoms with Gasteiger partial charge < -0.3 is 10.8 Å². The standard InChI is InChI=1S/C14H21N3OS/c15-14(19)13-8-12(3-5-16-13)10-17-6-1-2-11(9-17)4-7-18/h3,5,8,11,18H,1-2,4,6-7,9-10H2,(H2,15,19). The van der Waals surface area contributed by atoms with Gasteiger partial charge in [-0.2, -0.15) is 0 Å². The van der Waals surface area contributed by atoms with Gasteiger partial charge in [-0.25, -0.2) is 0 Å². The SMILES string of the molecule is NC(=S)c1cc(CN2CCCC(CCO)C2)ccn1. The van der Waals surface area contributed by atoms with Gasteiger partial charge in [-0.15, -0.1) is 0 Å². The van der Waals surface area contributed by atoms with Crippen LogP contribution in [0.1, 0.15) is 30.5 Å². The minimum Gasteiger partial charge on any atom is -0.396 e. The summed E-state index contributed by atoms with van der Waals surface area (Å²) >= 11 is 4.95. The van der Waals surface area contributed by atoms with Crippen molar-refractivity contribution in [3.05, 3.63) is 29.6 Å². The monoisotopic (exact) mass is 279 g/mol. The summed E-state index contributed by atoms with van der Waals surface area (Å²) in [5, 5.41) is 9.04. The highest BCUT2D eigenvalue weighted by atomic mass is 32.1. The van der Waals surface area contributed by atoms with Crippen molar-refractivity contribution < 1.29 is 5.11 Å². The maximum absolute atomic E-state index is 9.04. The molecule has 1 aromatic rings. The number of rotatable bonds is 5. The molecule has 2 heterocycles. The van der Waals surface area contributed by atoms with Gasteiger partial charge in [0.1, 0.15) is 4.99 Å². The Morgan fingerprint density at radius 2 is 2.42 bits per heavy atom. The van der Waals surface area contributed by atoms with Crippen LogP contribution in [-0.4, -0.2) is 39.7 Å². The Kier molecular flexibility index (Phi) is 5.24. The van der Waals surface area contributed by atoms with Gasteiger partial charge in [0.25, 0.3) is 0 Å². The van der Waals surface area contributed by atoms with Crippen LogP contribution in [0.3, 0.4) is 0 Å². The van der Waals surface area contributed by atoms with Gasteiger partial charge >= 0.3 is 0 Å². The summed E-state index contributed by atoms with van der Waals surface area (Å²) in [7, 11) is 0. The average Bonchev–Trinajstić information content (AvgIpc) is 2.40. The lowest BCUT2D eigenvalue weighted by Gasteiger charge is -2.32. The van der Waals surface area contributed by atoms with Gasteiger partial charge in [0.2, 0.25) is 0 Å². The lowest BCUT2D eigenvalue weighted by molar-refractivity contribution is 0.142. The molecule has 2 rings (SSSR count). The van der Waals surface area contributed by atoms with Gasteiger partial charge in [0.15, 0.2) is 0 Å². The highest BCUT2D eigenvalue weighted by Crippen LogP contribution is 2.20. The van der Waals surface area contributed by atoms with Crippen LogP contribution in [0.5, 0.6) is 0 Å². The van der Waals surface area contributed by atoms with Gasteiger partial charge in [0.05, 0.1) is 5.69 Å². The van der Waals surface area contributed by atoms with E-state index in [2.05, 4.69) is 9.88 Å². The molecule has 1 fully saturated rings. The highest BCUT2D eigenvalue weighted by Gasteiger charge is 2.19. The quantitative estimate of drug-likeness (QED) is 0.796. The number of pyridine rings is 1. The number of piperidine rings is 1. The number of aliphatic hydroxyl groups is 1. The zero-order valence-corrected chi connectivity index (χ0v) is 11.9. The molecule has 104 valence electrons. The van der Waals surface area contributed by atoms with Crippen molar-refractivity contribution in [1.82, 2.24) is 9.88 Å². The first-order valence-electron chi connectivity index (χ1n) is 6.77. The third-order valence-corrected chi connectivity index (χ3v) is 3.83. The Balaban J connectivity index is 1.96. The Labute approximate surface area is 119 Å². The first kappa shape index (κ1) is 14.4. The smallest absolute Gasteiger partial charge is 0.122 e. The van der Waals surface area contributed by atoms with Crippen LogP contribution < -0.4 is 5.73 Å². The van der Waals surface area contributed by atoms with Crippen molar-refractivity contribution in [2.24, 2.45) is 11.7 Å². The summed E-state index contributed by atoms with van der Waals surface area (Å²) in [6.45, 7) is 3.37. The molecule has 5 heteroatoms. The van der Waals surface area contributed by atoms with Crippen LogP contribution in [0.15, 0.2) is 18.3 Å². The predicted molar refractivity (Wildman–Crippen MR) is 79.8 cm³/mol. The van der Waals surface area contributed by atoms with Crippen molar-refractivity contribution in [3.8, 4) is 0 Å². The molecule has 0 amide bonds. The Bertz CT molecular complexity index is 436. The van der Waals surface area contributed by atoms with Gasteiger partial charge in [-0.3, -0.25) is 9.88 Å². The molecule has 1 aliphatic rings. The van der Waals surface area contributed by atoms with Crippen LogP contribution >= 0.6 is 12.2 Å². The fourth-order valence-electron chi connectivity index (χ4n) is 2.68. The van der Waals surface area contributed by atoms with Crippen LogP contribution in [-0.2, 0) is 6.54 Å². The number of aromatic nitrogens is 1. The summed E-state index contributed by atoms with van der Waals surface area (Å²) < 4.78 is 0. The molecule has 0 radical (unpaired) electrons. The lowest BCUT2D eigenvalue weighted by atomic mass is 9.95. The summed E-state index contributed by atoms with van der Waals surface area (Å²) in [4.78, 5) is 6.94. The normalized spacial score (nSPS) is 20.4. The van der Waals surface area contributed by atoms with Crippen molar-refractivity contribution >= 4 is 17.2 Å². The molecule has 3 N–H and O–H groups in total. The lowest BCUT2D eigenvalue weighted by Crippen LogP contribution is -2.35. The van der Waals surface area contributed by atoms with E-state index in [9.17, 15) is 0 Å². The second-order valence-electron chi connectivity index (χ2n) is 5.17. The van der Waals surface area contributed by atoms with E-state index in [4.69, 9.17) is 23.1 Å². The number of aliphatic hydroxyl groups excluding tert-OH is 1. The van der Waals surface area contributed by atoms with Gasteiger partial charge in [-0.1, -0.05) is 12.2 Å². The second kappa shape index (κ2) is 6.93. The zero-order chi connectivity index (χ0) is 13.7. The molecule has 0 saturated carbocycles. The molecule has 0 bridgehead atoms. The van der Waals surface area contributed by atoms with E-state index in [1.807, 2.05) is 12.1 Å². The van der Waals surface area contributed by atoms with Gasteiger partial charge in [0, 0.05) is 25.9 Å². The van der Waals surface area contributed by atoms with Crippen molar-refractivity contribution in [1.29, 1.82) is 0 Å². The van der Waals surface area contributed by atoms with Crippen LogP contribution in [0.2, 0.25) is 0 Å². The number of nitrogens with zero attached hydrogens (tertiary/aromatic N) is 2. The van der Waals surface area contributed by atoms with E-state index in [1.54, 1.807) is 6.20 Å². The maximum atomic E-state index is 9.04. The third-order valence-electron chi connectivity index (χ3n) is 3.62. The molecule has 1 unspecified atom stereocenters. The molecule has 1 saturated heterocycles. The summed E-state index contributed by atoms with van der Waals surface area (Å²) in [6, 6.07) is 3.98. The summed E-state index contributed by atoms with van der Waals surface area (Å²) in [5.74, 6) is 0.621. The number of nitrogens with two attached hydrogens (primary N) is 1. The number of hydrogen-bond acceptors (Lipinski definition) is 4. The topological polar surface area (TPSA) is 62.4 Å². The predicted octanol–water partition coefficient (Wildman–Crippen LogP) is 1.31. The molecular weight excluding hydrogens is 258 g/mol. The fourth-order valence-corrected chi connectivity index (χ4v) is 2.79. The van der Waals surface area contributed by atoms with E-state index in [-0.39, 0.29) is 0 Å². The highest BCUT2D eigenvalue weighted by molar-refractivity contribution is 7.80. The van der Waals surface area contributed by atoms with Crippen LogP contribution in [0.4, 0.5) is 0 Å². The molecule has 0 spiro atoms. The Hall–Kier alpha value is -1.04. The molecule has 19 heavy (non-hydrogen) atoms. The van der Waals surface area contributed by atoms with E-state index in [0.717, 1.165) is 26.1 Å². The second-order valence-corrected chi connectivity index (χ2v) is 5.61. The zero-order valence-electron chi connectivity index (χ0n) is 11.1. The number of hydrogen-bond donors (Lipinski definition) is 2. The van der Waals surface area contributed by atoms with Crippen LogP contribution in [0.25, 0.3) is 0 Å². The average molecular weight is 279 g/mol. The van der Waals surface area contributed by atoms with E-state index in [0.29, 0.717) is 23.2 Å². The fraction of sp³-hybridized carbons (Fsp3) is 0.571. The number of likely N-dealkylation sites (tertiary alicyclic amines) is 1. The van der Waals surface area contributed by atoms with Crippen LogP contribution in [0, 0.1) is 5.92 Å². The van der Waals surface area contributed by atoms with Crippen molar-refractivity contribution in [3.63, 3.8) is 0 Å². The van der Waals surface area contributed by atoms with E-state index < -0.39 is 0 Å².